The predicted octanol–water partition coefficient (Wildman–Crippen LogP) is 0.464. The SMILES string of the molecule is CCCc1[nH]c(S(C)(=O)=O)nc1C(=O)O. The number of nitrogens with one attached hydrogen (secondary N) is 1. The molecule has 0 aliphatic heterocycles. The Bertz CT molecular complexity index is 475. The van der Waals surface area contributed by atoms with Gasteiger partial charge >= 0.3 is 5.97 Å². The molecule has 0 spiro atoms. The van der Waals surface area contributed by atoms with Crippen LogP contribution in [0, 0.1) is 0 Å². The smallest absolute Gasteiger partial charge is 0.356 e. The monoisotopic (exact) mass is 232 g/mol. The summed E-state index contributed by atoms with van der Waals surface area (Å²) in [5.41, 5.74) is 0.141. The minimum atomic E-state index is -3.49. The van der Waals surface area contributed by atoms with Crippen LogP contribution in [-0.2, 0) is 16.3 Å². The van der Waals surface area contributed by atoms with Crippen molar-refractivity contribution in [2.24, 2.45) is 0 Å². The molecule has 0 bridgehead atoms. The zero-order valence-electron chi connectivity index (χ0n) is 8.44. The third-order valence-corrected chi connectivity index (χ3v) is 2.71. The van der Waals surface area contributed by atoms with E-state index in [1.165, 1.54) is 0 Å². The van der Waals surface area contributed by atoms with E-state index in [1.807, 2.05) is 6.92 Å². The lowest BCUT2D eigenvalue weighted by atomic mass is 10.2. The van der Waals surface area contributed by atoms with E-state index in [0.29, 0.717) is 18.5 Å². The standard InChI is InChI=1S/C8H12N2O4S/c1-3-4-5-6(7(11)12)10-8(9-5)15(2,13)14/h3-4H2,1-2H3,(H,9,10)(H,11,12). The van der Waals surface area contributed by atoms with Crippen molar-refractivity contribution in [2.45, 2.75) is 24.9 Å². The van der Waals surface area contributed by atoms with E-state index >= 15 is 0 Å². The second-order valence-corrected chi connectivity index (χ2v) is 5.13. The van der Waals surface area contributed by atoms with Crippen LogP contribution in [0.3, 0.4) is 0 Å². The van der Waals surface area contributed by atoms with E-state index < -0.39 is 15.8 Å². The second-order valence-electron chi connectivity index (χ2n) is 3.20. The van der Waals surface area contributed by atoms with Gasteiger partial charge in [-0.05, 0) is 6.42 Å². The summed E-state index contributed by atoms with van der Waals surface area (Å²) in [5, 5.41) is 8.51. The summed E-state index contributed by atoms with van der Waals surface area (Å²) < 4.78 is 22.3. The van der Waals surface area contributed by atoms with Crippen LogP contribution in [0.4, 0.5) is 0 Å². The minimum Gasteiger partial charge on any atom is -0.476 e. The summed E-state index contributed by atoms with van der Waals surface area (Å²) in [6.45, 7) is 1.87. The molecular formula is C8H12N2O4S. The summed E-state index contributed by atoms with van der Waals surface area (Å²) in [6, 6.07) is 0. The van der Waals surface area contributed by atoms with Crippen molar-refractivity contribution in [1.82, 2.24) is 9.97 Å². The highest BCUT2D eigenvalue weighted by molar-refractivity contribution is 7.90. The Morgan fingerprint density at radius 1 is 1.53 bits per heavy atom. The third kappa shape index (κ3) is 2.56. The second kappa shape index (κ2) is 4.01. The molecular weight excluding hydrogens is 220 g/mol. The number of aromatic nitrogens is 2. The van der Waals surface area contributed by atoms with Gasteiger partial charge in [-0.15, -0.1) is 0 Å². The first-order valence-electron chi connectivity index (χ1n) is 4.38. The molecule has 2 N–H and O–H groups in total. The molecule has 0 atom stereocenters. The number of H-pyrrole nitrogens is 1. The summed E-state index contributed by atoms with van der Waals surface area (Å²) >= 11 is 0. The first-order chi connectivity index (χ1) is 6.86. The van der Waals surface area contributed by atoms with Gasteiger partial charge in [0, 0.05) is 6.26 Å². The van der Waals surface area contributed by atoms with Crippen molar-refractivity contribution in [3.05, 3.63) is 11.4 Å². The first-order valence-corrected chi connectivity index (χ1v) is 6.27. The number of sulfone groups is 1. The molecule has 0 saturated heterocycles. The van der Waals surface area contributed by atoms with E-state index in [9.17, 15) is 13.2 Å². The van der Waals surface area contributed by atoms with Crippen molar-refractivity contribution in [3.63, 3.8) is 0 Å². The van der Waals surface area contributed by atoms with E-state index in [2.05, 4.69) is 9.97 Å². The number of aromatic amines is 1. The molecule has 1 aromatic heterocycles. The van der Waals surface area contributed by atoms with Gasteiger partial charge in [-0.3, -0.25) is 0 Å². The Hall–Kier alpha value is -1.37. The van der Waals surface area contributed by atoms with Gasteiger partial charge in [-0.1, -0.05) is 13.3 Å². The fourth-order valence-corrected chi connectivity index (χ4v) is 1.73. The maximum atomic E-state index is 11.1. The Labute approximate surface area is 87.3 Å². The van der Waals surface area contributed by atoms with Crippen molar-refractivity contribution in [2.75, 3.05) is 6.26 Å². The van der Waals surface area contributed by atoms with Crippen LogP contribution in [0.5, 0.6) is 0 Å². The van der Waals surface area contributed by atoms with Gasteiger partial charge in [0.1, 0.15) is 0 Å². The van der Waals surface area contributed by atoms with E-state index in [1.54, 1.807) is 0 Å². The van der Waals surface area contributed by atoms with Crippen LogP contribution in [-0.4, -0.2) is 35.7 Å². The number of hydrogen-bond acceptors (Lipinski definition) is 4. The predicted molar refractivity (Wildman–Crippen MR) is 52.7 cm³/mol. The lowest BCUT2D eigenvalue weighted by molar-refractivity contribution is 0.0689. The molecule has 84 valence electrons. The van der Waals surface area contributed by atoms with Gasteiger partial charge in [0.05, 0.1) is 5.69 Å². The number of aryl methyl sites for hydroxylation is 1. The summed E-state index contributed by atoms with van der Waals surface area (Å²) in [7, 11) is -3.49. The highest BCUT2D eigenvalue weighted by atomic mass is 32.2. The van der Waals surface area contributed by atoms with Crippen LogP contribution in [0.1, 0.15) is 29.5 Å². The van der Waals surface area contributed by atoms with Gasteiger partial charge < -0.3 is 10.1 Å². The molecule has 0 radical (unpaired) electrons. The molecule has 0 fully saturated rings. The maximum absolute atomic E-state index is 11.1. The van der Waals surface area contributed by atoms with Crippen LogP contribution >= 0.6 is 0 Å². The first kappa shape index (κ1) is 11.7. The molecule has 0 unspecified atom stereocenters. The maximum Gasteiger partial charge on any atom is 0.356 e. The normalized spacial score (nSPS) is 11.6. The quantitative estimate of drug-likeness (QED) is 0.785. The number of carboxylic acids is 1. The molecule has 1 rings (SSSR count). The topological polar surface area (TPSA) is 100 Å². The van der Waals surface area contributed by atoms with Gasteiger partial charge in [0.15, 0.2) is 5.69 Å². The molecule has 0 aliphatic rings. The molecule has 1 aromatic rings. The summed E-state index contributed by atoms with van der Waals surface area (Å²) in [4.78, 5) is 16.8. The van der Waals surface area contributed by atoms with E-state index in [-0.39, 0.29) is 10.9 Å². The molecule has 6 nitrogen and oxygen atoms in total. The highest BCUT2D eigenvalue weighted by Crippen LogP contribution is 2.12. The average molecular weight is 232 g/mol. The van der Waals surface area contributed by atoms with Crippen molar-refractivity contribution < 1.29 is 18.3 Å². The molecule has 15 heavy (non-hydrogen) atoms. The van der Waals surface area contributed by atoms with Crippen LogP contribution in [0.15, 0.2) is 5.16 Å². The summed E-state index contributed by atoms with van der Waals surface area (Å²) in [6.07, 6.45) is 2.16. The molecule has 0 aliphatic carbocycles. The van der Waals surface area contributed by atoms with Gasteiger partial charge in [0.25, 0.3) is 0 Å². The van der Waals surface area contributed by atoms with Gasteiger partial charge in [-0.2, -0.15) is 0 Å². The molecule has 7 heteroatoms. The van der Waals surface area contributed by atoms with Crippen molar-refractivity contribution in [1.29, 1.82) is 0 Å². The molecule has 1 heterocycles. The number of imidazole rings is 1. The Balaban J connectivity index is 3.27. The zero-order chi connectivity index (χ0) is 11.6. The number of nitrogens with zero attached hydrogens (tertiary/aromatic N) is 1. The number of hydrogen-bond donors (Lipinski definition) is 2. The Kier molecular flexibility index (Phi) is 3.13. The van der Waals surface area contributed by atoms with Crippen molar-refractivity contribution in [3.8, 4) is 0 Å². The van der Waals surface area contributed by atoms with Crippen molar-refractivity contribution >= 4 is 15.8 Å². The highest BCUT2D eigenvalue weighted by Gasteiger charge is 2.20. The van der Waals surface area contributed by atoms with Crippen LogP contribution in [0.2, 0.25) is 0 Å². The number of aromatic carboxylic acids is 1. The largest absolute Gasteiger partial charge is 0.476 e. The fourth-order valence-electron chi connectivity index (χ4n) is 1.17. The molecule has 0 saturated carbocycles. The van der Waals surface area contributed by atoms with Crippen LogP contribution in [0.25, 0.3) is 0 Å². The summed E-state index contributed by atoms with van der Waals surface area (Å²) in [5.74, 6) is -1.22. The Morgan fingerprint density at radius 2 is 2.13 bits per heavy atom. The van der Waals surface area contributed by atoms with Crippen LogP contribution < -0.4 is 0 Å². The average Bonchev–Trinajstić information content (AvgIpc) is 2.48. The lowest BCUT2D eigenvalue weighted by Gasteiger charge is -1.93. The number of carbonyl (C=O) groups is 1. The van der Waals surface area contributed by atoms with Gasteiger partial charge in [0.2, 0.25) is 15.0 Å². The van der Waals surface area contributed by atoms with E-state index in [0.717, 1.165) is 6.26 Å². The lowest BCUT2D eigenvalue weighted by Crippen LogP contribution is -2.02. The fraction of sp³-hybridized carbons (Fsp3) is 0.500. The minimum absolute atomic E-state index is 0.211. The number of rotatable bonds is 4. The van der Waals surface area contributed by atoms with E-state index in [4.69, 9.17) is 5.11 Å². The van der Waals surface area contributed by atoms with Gasteiger partial charge in [-0.25, -0.2) is 18.2 Å². The third-order valence-electron chi connectivity index (χ3n) is 1.81. The Morgan fingerprint density at radius 3 is 2.53 bits per heavy atom. The zero-order valence-corrected chi connectivity index (χ0v) is 9.26. The molecule has 0 aromatic carbocycles. The number of carboxylic acid groups (broad SMARTS) is 1. The molecule has 0 amide bonds.